The lowest BCUT2D eigenvalue weighted by Crippen LogP contribution is -2.47. The van der Waals surface area contributed by atoms with Crippen molar-refractivity contribution in [2.75, 3.05) is 20.1 Å². The van der Waals surface area contributed by atoms with E-state index in [4.69, 9.17) is 0 Å². The second kappa shape index (κ2) is 4.63. The molecule has 2 unspecified atom stereocenters. The van der Waals surface area contributed by atoms with E-state index < -0.39 is 0 Å². The van der Waals surface area contributed by atoms with Gasteiger partial charge in [0.1, 0.15) is 0 Å². The molecule has 2 nitrogen and oxygen atoms in total. The standard InChI is InChI=1S/C12H26N2/c1-10-8-11(6-7-14(10)5)13-9-12(2,3)4/h10-11,13H,6-9H2,1-5H3. The van der Waals surface area contributed by atoms with Crippen molar-refractivity contribution >= 4 is 0 Å². The van der Waals surface area contributed by atoms with E-state index in [0.29, 0.717) is 5.41 Å². The Balaban J connectivity index is 2.27. The highest BCUT2D eigenvalue weighted by atomic mass is 15.1. The Bertz CT molecular complexity index is 172. The lowest BCUT2D eigenvalue weighted by Gasteiger charge is -2.36. The average molecular weight is 198 g/mol. The molecule has 0 aromatic rings. The van der Waals surface area contributed by atoms with Gasteiger partial charge in [-0.05, 0) is 38.8 Å². The predicted octanol–water partition coefficient (Wildman–Crippen LogP) is 2.10. The molecule has 0 bridgehead atoms. The van der Waals surface area contributed by atoms with E-state index in [2.05, 4.69) is 45.0 Å². The molecule has 1 N–H and O–H groups in total. The van der Waals surface area contributed by atoms with E-state index in [1.807, 2.05) is 0 Å². The average Bonchev–Trinajstić information content (AvgIpc) is 2.06. The molecule has 14 heavy (non-hydrogen) atoms. The molecule has 1 aliphatic rings. The van der Waals surface area contributed by atoms with E-state index in [-0.39, 0.29) is 0 Å². The molecule has 1 rings (SSSR count). The first-order valence-corrected chi connectivity index (χ1v) is 5.82. The van der Waals surface area contributed by atoms with Crippen LogP contribution in [-0.2, 0) is 0 Å². The van der Waals surface area contributed by atoms with Crippen LogP contribution >= 0.6 is 0 Å². The Morgan fingerprint density at radius 2 is 2.00 bits per heavy atom. The lowest BCUT2D eigenvalue weighted by molar-refractivity contribution is 0.162. The Labute approximate surface area is 89.1 Å². The van der Waals surface area contributed by atoms with Crippen molar-refractivity contribution in [2.45, 2.75) is 52.6 Å². The van der Waals surface area contributed by atoms with Crippen LogP contribution in [0.4, 0.5) is 0 Å². The number of rotatable bonds is 2. The summed E-state index contributed by atoms with van der Waals surface area (Å²) in [6, 6.07) is 1.47. The lowest BCUT2D eigenvalue weighted by atomic mass is 9.94. The maximum absolute atomic E-state index is 3.69. The van der Waals surface area contributed by atoms with Gasteiger partial charge in [-0.25, -0.2) is 0 Å². The van der Waals surface area contributed by atoms with Gasteiger partial charge in [0.25, 0.3) is 0 Å². The summed E-state index contributed by atoms with van der Waals surface area (Å²) in [5.41, 5.74) is 0.409. The Kier molecular flexibility index (Phi) is 3.96. The molecule has 0 saturated carbocycles. The number of piperidine rings is 1. The van der Waals surface area contributed by atoms with E-state index in [0.717, 1.165) is 18.6 Å². The van der Waals surface area contributed by atoms with Crippen LogP contribution in [0.2, 0.25) is 0 Å². The third-order valence-electron chi connectivity index (χ3n) is 3.13. The van der Waals surface area contributed by atoms with E-state index >= 15 is 0 Å². The van der Waals surface area contributed by atoms with Gasteiger partial charge in [0, 0.05) is 18.6 Å². The van der Waals surface area contributed by atoms with Crippen LogP contribution in [0.1, 0.15) is 40.5 Å². The largest absolute Gasteiger partial charge is 0.313 e. The molecule has 0 aliphatic carbocycles. The fourth-order valence-electron chi connectivity index (χ4n) is 1.93. The molecular weight excluding hydrogens is 172 g/mol. The van der Waals surface area contributed by atoms with Crippen molar-refractivity contribution in [3.8, 4) is 0 Å². The second-order valence-corrected chi connectivity index (χ2v) is 5.99. The van der Waals surface area contributed by atoms with Crippen molar-refractivity contribution < 1.29 is 0 Å². The maximum Gasteiger partial charge on any atom is 0.00942 e. The maximum atomic E-state index is 3.69. The molecule has 84 valence electrons. The number of likely N-dealkylation sites (tertiary alicyclic amines) is 1. The molecule has 0 aromatic heterocycles. The third kappa shape index (κ3) is 3.97. The van der Waals surface area contributed by atoms with Gasteiger partial charge in [-0.1, -0.05) is 20.8 Å². The van der Waals surface area contributed by atoms with E-state index in [9.17, 15) is 0 Å². The summed E-state index contributed by atoms with van der Waals surface area (Å²) in [4.78, 5) is 2.45. The molecule has 1 aliphatic heterocycles. The molecule has 2 atom stereocenters. The minimum atomic E-state index is 0.409. The summed E-state index contributed by atoms with van der Waals surface area (Å²) in [5, 5.41) is 3.69. The van der Waals surface area contributed by atoms with E-state index in [1.165, 1.54) is 19.4 Å². The number of hydrogen-bond donors (Lipinski definition) is 1. The van der Waals surface area contributed by atoms with Crippen molar-refractivity contribution in [1.29, 1.82) is 0 Å². The number of nitrogens with zero attached hydrogens (tertiary/aromatic N) is 1. The summed E-state index contributed by atoms with van der Waals surface area (Å²) < 4.78 is 0. The summed E-state index contributed by atoms with van der Waals surface area (Å²) in [6.45, 7) is 11.6. The Hall–Kier alpha value is -0.0800. The molecule has 1 saturated heterocycles. The minimum Gasteiger partial charge on any atom is -0.313 e. The van der Waals surface area contributed by atoms with Gasteiger partial charge in [0.15, 0.2) is 0 Å². The fraction of sp³-hybridized carbons (Fsp3) is 1.00. The normalized spacial score (nSPS) is 30.6. The van der Waals surface area contributed by atoms with Gasteiger partial charge in [-0.2, -0.15) is 0 Å². The van der Waals surface area contributed by atoms with Crippen LogP contribution in [0.3, 0.4) is 0 Å². The molecule has 0 spiro atoms. The zero-order valence-electron chi connectivity index (χ0n) is 10.4. The highest BCUT2D eigenvalue weighted by Crippen LogP contribution is 2.17. The van der Waals surface area contributed by atoms with Gasteiger partial charge in [0.05, 0.1) is 0 Å². The van der Waals surface area contributed by atoms with Crippen molar-refractivity contribution in [3.05, 3.63) is 0 Å². The quantitative estimate of drug-likeness (QED) is 0.731. The summed E-state index contributed by atoms with van der Waals surface area (Å²) >= 11 is 0. The number of hydrogen-bond acceptors (Lipinski definition) is 2. The second-order valence-electron chi connectivity index (χ2n) is 5.99. The van der Waals surface area contributed by atoms with Crippen molar-refractivity contribution in [1.82, 2.24) is 10.2 Å². The van der Waals surface area contributed by atoms with Crippen LogP contribution < -0.4 is 5.32 Å². The monoisotopic (exact) mass is 198 g/mol. The summed E-state index contributed by atoms with van der Waals surface area (Å²) in [7, 11) is 2.23. The van der Waals surface area contributed by atoms with Gasteiger partial charge in [-0.15, -0.1) is 0 Å². The smallest absolute Gasteiger partial charge is 0.00942 e. The highest BCUT2D eigenvalue weighted by molar-refractivity contribution is 4.82. The molecule has 0 radical (unpaired) electrons. The van der Waals surface area contributed by atoms with Crippen molar-refractivity contribution in [3.63, 3.8) is 0 Å². The first-order valence-electron chi connectivity index (χ1n) is 5.82. The van der Waals surface area contributed by atoms with Crippen LogP contribution in [0.5, 0.6) is 0 Å². The topological polar surface area (TPSA) is 15.3 Å². The summed E-state index contributed by atoms with van der Waals surface area (Å²) in [6.07, 6.45) is 2.60. The van der Waals surface area contributed by atoms with Crippen LogP contribution in [0.15, 0.2) is 0 Å². The molecule has 2 heteroatoms. The van der Waals surface area contributed by atoms with Crippen molar-refractivity contribution in [2.24, 2.45) is 5.41 Å². The van der Waals surface area contributed by atoms with Gasteiger partial charge < -0.3 is 10.2 Å². The zero-order chi connectivity index (χ0) is 10.8. The van der Waals surface area contributed by atoms with Gasteiger partial charge in [-0.3, -0.25) is 0 Å². The Morgan fingerprint density at radius 3 is 2.50 bits per heavy atom. The number of nitrogens with one attached hydrogen (secondary N) is 1. The SMILES string of the molecule is CC1CC(NCC(C)(C)C)CCN1C. The third-order valence-corrected chi connectivity index (χ3v) is 3.13. The van der Waals surface area contributed by atoms with Crippen LogP contribution in [0, 0.1) is 5.41 Å². The predicted molar refractivity (Wildman–Crippen MR) is 62.6 cm³/mol. The fourth-order valence-corrected chi connectivity index (χ4v) is 1.93. The highest BCUT2D eigenvalue weighted by Gasteiger charge is 2.23. The first kappa shape index (κ1) is 12.0. The molecule has 1 heterocycles. The van der Waals surface area contributed by atoms with Gasteiger partial charge >= 0.3 is 0 Å². The van der Waals surface area contributed by atoms with Crippen LogP contribution in [-0.4, -0.2) is 37.1 Å². The summed E-state index contributed by atoms with van der Waals surface area (Å²) in [5.74, 6) is 0. The zero-order valence-corrected chi connectivity index (χ0v) is 10.4. The Morgan fingerprint density at radius 1 is 1.36 bits per heavy atom. The van der Waals surface area contributed by atoms with Gasteiger partial charge in [0.2, 0.25) is 0 Å². The molecule has 1 fully saturated rings. The molecule has 0 aromatic carbocycles. The first-order chi connectivity index (χ1) is 6.38. The molecular formula is C12H26N2. The molecule has 0 amide bonds. The van der Waals surface area contributed by atoms with E-state index in [1.54, 1.807) is 0 Å². The van der Waals surface area contributed by atoms with Crippen LogP contribution in [0.25, 0.3) is 0 Å². The minimum absolute atomic E-state index is 0.409.